The number of hydrogen-bond donors (Lipinski definition) is 1. The van der Waals surface area contributed by atoms with Gasteiger partial charge in [-0.3, -0.25) is 0 Å². The molecule has 0 fully saturated rings. The minimum atomic E-state index is -0.123. The molecule has 1 aromatic carbocycles. The van der Waals surface area contributed by atoms with Crippen LogP contribution in [-0.2, 0) is 0 Å². The second-order valence-electron chi connectivity index (χ2n) is 1.84. The van der Waals surface area contributed by atoms with Crippen LogP contribution in [0, 0.1) is 5.82 Å². The average Bonchev–Trinajstić information content (AvgIpc) is 1.94. The van der Waals surface area contributed by atoms with Crippen LogP contribution in [-0.4, -0.2) is 5.37 Å². The van der Waals surface area contributed by atoms with E-state index in [2.05, 4.69) is 0 Å². The van der Waals surface area contributed by atoms with Gasteiger partial charge in [-0.15, -0.1) is 0 Å². The zero-order chi connectivity index (χ0) is 7.40. The zero-order valence-corrected chi connectivity index (χ0v) is 6.61. The van der Waals surface area contributed by atoms with E-state index < -0.39 is 0 Å². The molecule has 0 amide bonds. The Morgan fingerprint density at radius 3 is 2.70 bits per heavy atom. The molecule has 0 aromatic heterocycles. The van der Waals surface area contributed by atoms with E-state index in [4.69, 9.17) is 0 Å². The maximum atomic E-state index is 12.7. The lowest BCUT2D eigenvalue weighted by Crippen LogP contribution is -1.74. The SMILES string of the molecule is CC=[SH]c1ccccc1F. The van der Waals surface area contributed by atoms with E-state index in [1.54, 1.807) is 12.1 Å². The highest BCUT2D eigenvalue weighted by molar-refractivity contribution is 7.97. The Labute approximate surface area is 63.7 Å². The monoisotopic (exact) mass is 156 g/mol. The topological polar surface area (TPSA) is 0 Å². The molecule has 0 heterocycles. The minimum absolute atomic E-state index is 0.123. The smallest absolute Gasteiger partial charge is 0.136 e. The van der Waals surface area contributed by atoms with E-state index in [1.165, 1.54) is 6.07 Å². The maximum Gasteiger partial charge on any atom is 0.136 e. The third-order valence-corrected chi connectivity index (χ3v) is 2.02. The van der Waals surface area contributed by atoms with Gasteiger partial charge in [-0.25, -0.2) is 4.39 Å². The highest BCUT2D eigenvalue weighted by Gasteiger charge is 1.92. The summed E-state index contributed by atoms with van der Waals surface area (Å²) < 4.78 is 12.7. The van der Waals surface area contributed by atoms with Crippen LogP contribution < -0.4 is 0 Å². The normalized spacial score (nSPS) is 11.4. The highest BCUT2D eigenvalue weighted by Crippen LogP contribution is 2.13. The molecule has 0 aliphatic heterocycles. The Morgan fingerprint density at radius 2 is 2.10 bits per heavy atom. The lowest BCUT2D eigenvalue weighted by atomic mass is 10.4. The van der Waals surface area contributed by atoms with E-state index in [9.17, 15) is 4.39 Å². The summed E-state index contributed by atoms with van der Waals surface area (Å²) in [6.45, 7) is 1.91. The Morgan fingerprint density at radius 1 is 1.40 bits per heavy atom. The van der Waals surface area contributed by atoms with Gasteiger partial charge in [0, 0.05) is 4.90 Å². The van der Waals surface area contributed by atoms with Crippen LogP contribution in [0.2, 0.25) is 0 Å². The van der Waals surface area contributed by atoms with Crippen LogP contribution in [0.25, 0.3) is 0 Å². The first kappa shape index (κ1) is 7.48. The second-order valence-corrected chi connectivity index (χ2v) is 3.10. The Kier molecular flexibility index (Phi) is 2.63. The van der Waals surface area contributed by atoms with Gasteiger partial charge >= 0.3 is 0 Å². The quantitative estimate of drug-likeness (QED) is 0.468. The molecule has 1 rings (SSSR count). The molecule has 54 valence electrons. The van der Waals surface area contributed by atoms with Gasteiger partial charge in [0.25, 0.3) is 0 Å². The summed E-state index contributed by atoms with van der Waals surface area (Å²) in [6, 6.07) is 6.81. The van der Waals surface area contributed by atoms with Crippen molar-refractivity contribution >= 4 is 16.7 Å². The predicted molar refractivity (Wildman–Crippen MR) is 45.4 cm³/mol. The standard InChI is InChI=1S/C8H9FS/c1-2-10-8-6-4-3-5-7(8)9/h2-6,10H,1H3. The van der Waals surface area contributed by atoms with Crippen molar-refractivity contribution in [3.05, 3.63) is 30.1 Å². The molecule has 0 nitrogen and oxygen atoms in total. The summed E-state index contributed by atoms with van der Waals surface area (Å²) in [7, 11) is 0. The number of halogens is 1. The summed E-state index contributed by atoms with van der Waals surface area (Å²) in [6.07, 6.45) is 0. The summed E-state index contributed by atoms with van der Waals surface area (Å²) in [4.78, 5) is 0.741. The summed E-state index contributed by atoms with van der Waals surface area (Å²) in [5.41, 5.74) is 0. The number of thiol groups is 1. The van der Waals surface area contributed by atoms with Crippen LogP contribution in [0.5, 0.6) is 0 Å². The number of rotatable bonds is 1. The molecule has 0 atom stereocenters. The summed E-state index contributed by atoms with van der Waals surface area (Å²) >= 11 is 0.944. The molecular weight excluding hydrogens is 147 g/mol. The van der Waals surface area contributed by atoms with Crippen LogP contribution in [0.15, 0.2) is 29.2 Å². The van der Waals surface area contributed by atoms with Gasteiger partial charge in [-0.05, 0) is 19.1 Å². The van der Waals surface area contributed by atoms with Gasteiger partial charge in [0.1, 0.15) is 5.82 Å². The van der Waals surface area contributed by atoms with Crippen LogP contribution >= 0.6 is 11.4 Å². The Balaban J connectivity index is 3.03. The van der Waals surface area contributed by atoms with E-state index >= 15 is 0 Å². The van der Waals surface area contributed by atoms with Gasteiger partial charge in [0.2, 0.25) is 0 Å². The van der Waals surface area contributed by atoms with E-state index in [0.717, 1.165) is 16.2 Å². The lowest BCUT2D eigenvalue weighted by molar-refractivity contribution is 0.602. The highest BCUT2D eigenvalue weighted by atomic mass is 32.1. The molecule has 0 unspecified atom stereocenters. The first-order chi connectivity index (χ1) is 4.84. The molecule has 0 saturated heterocycles. The molecule has 0 spiro atoms. The molecule has 0 aliphatic rings. The van der Waals surface area contributed by atoms with Gasteiger partial charge in [0.15, 0.2) is 0 Å². The molecule has 2 heteroatoms. The van der Waals surface area contributed by atoms with Crippen molar-refractivity contribution in [1.82, 2.24) is 0 Å². The molecule has 0 radical (unpaired) electrons. The van der Waals surface area contributed by atoms with Crippen LogP contribution in [0.4, 0.5) is 4.39 Å². The largest absolute Gasteiger partial charge is 0.206 e. The molecule has 1 aromatic rings. The third-order valence-electron chi connectivity index (χ3n) is 1.12. The van der Waals surface area contributed by atoms with Crippen LogP contribution in [0.3, 0.4) is 0 Å². The molecule has 0 aliphatic carbocycles. The zero-order valence-electron chi connectivity index (χ0n) is 5.71. The molecule has 10 heavy (non-hydrogen) atoms. The first-order valence-electron chi connectivity index (χ1n) is 3.08. The van der Waals surface area contributed by atoms with Gasteiger partial charge in [0.05, 0.1) is 0 Å². The molecule has 0 saturated carbocycles. The van der Waals surface area contributed by atoms with Crippen molar-refractivity contribution in [2.45, 2.75) is 11.8 Å². The van der Waals surface area contributed by atoms with Crippen molar-refractivity contribution in [2.75, 3.05) is 0 Å². The summed E-state index contributed by atoms with van der Waals surface area (Å²) in [5, 5.41) is 1.92. The first-order valence-corrected chi connectivity index (χ1v) is 4.04. The predicted octanol–water partition coefficient (Wildman–Crippen LogP) is 2.47. The third kappa shape index (κ3) is 1.67. The Bertz CT molecular complexity index is 243. The van der Waals surface area contributed by atoms with Crippen molar-refractivity contribution in [3.63, 3.8) is 0 Å². The Hall–Kier alpha value is -0.630. The van der Waals surface area contributed by atoms with Crippen LogP contribution in [0.1, 0.15) is 6.92 Å². The van der Waals surface area contributed by atoms with Crippen molar-refractivity contribution in [2.24, 2.45) is 0 Å². The fraction of sp³-hybridized carbons (Fsp3) is 0.125. The van der Waals surface area contributed by atoms with E-state index in [1.807, 2.05) is 18.4 Å². The van der Waals surface area contributed by atoms with Gasteiger partial charge in [-0.2, -0.15) is 11.4 Å². The molecular formula is C8H9FS. The van der Waals surface area contributed by atoms with E-state index in [-0.39, 0.29) is 5.82 Å². The van der Waals surface area contributed by atoms with Crippen molar-refractivity contribution < 1.29 is 4.39 Å². The van der Waals surface area contributed by atoms with Gasteiger partial charge in [-0.1, -0.05) is 17.5 Å². The minimum Gasteiger partial charge on any atom is -0.206 e. The van der Waals surface area contributed by atoms with Crippen molar-refractivity contribution in [1.29, 1.82) is 0 Å². The second kappa shape index (κ2) is 3.52. The van der Waals surface area contributed by atoms with Crippen molar-refractivity contribution in [3.8, 4) is 0 Å². The fourth-order valence-electron chi connectivity index (χ4n) is 0.696. The maximum absolute atomic E-state index is 12.7. The average molecular weight is 156 g/mol. The van der Waals surface area contributed by atoms with Gasteiger partial charge < -0.3 is 0 Å². The molecule has 0 N–H and O–H groups in total. The summed E-state index contributed by atoms with van der Waals surface area (Å²) in [5.74, 6) is -0.123. The number of benzene rings is 1. The number of hydrogen-bond acceptors (Lipinski definition) is 0. The van der Waals surface area contributed by atoms with E-state index in [0.29, 0.717) is 0 Å². The lowest BCUT2D eigenvalue weighted by Gasteiger charge is -1.92. The fourth-order valence-corrected chi connectivity index (χ4v) is 1.34. The molecule has 0 bridgehead atoms.